The largest absolute Gasteiger partial charge is 0.390 e. The van der Waals surface area contributed by atoms with Crippen LogP contribution in [0.1, 0.15) is 90.8 Å². The second-order valence-corrected chi connectivity index (χ2v) is 16.7. The molecule has 10 heteroatoms. The number of amides is 1. The van der Waals surface area contributed by atoms with E-state index in [0.29, 0.717) is 31.0 Å². The van der Waals surface area contributed by atoms with Crippen molar-refractivity contribution in [3.63, 3.8) is 0 Å². The number of carbonyl (C=O) groups excluding carboxylic acids is 1. The third-order valence-corrected chi connectivity index (χ3v) is 10.7. The normalized spacial score (nSPS) is 28.4. The van der Waals surface area contributed by atoms with Crippen LogP contribution in [0.2, 0.25) is 0 Å². The molecule has 2 aromatic carbocycles. The van der Waals surface area contributed by atoms with Crippen molar-refractivity contribution >= 4 is 27.3 Å². The summed E-state index contributed by atoms with van der Waals surface area (Å²) in [6.07, 6.45) is 7.98. The van der Waals surface area contributed by atoms with Crippen molar-refractivity contribution in [1.29, 1.82) is 0 Å². The van der Waals surface area contributed by atoms with Crippen LogP contribution in [0.4, 0.5) is 11.4 Å². The number of anilines is 2. The van der Waals surface area contributed by atoms with Crippen molar-refractivity contribution in [2.45, 2.75) is 95.5 Å². The van der Waals surface area contributed by atoms with Crippen LogP contribution in [0.15, 0.2) is 53.1 Å². The van der Waals surface area contributed by atoms with E-state index in [2.05, 4.69) is 30.6 Å². The van der Waals surface area contributed by atoms with Crippen molar-refractivity contribution in [1.82, 2.24) is 10.1 Å². The average molecular weight is 621 g/mol. The number of rotatable bonds is 8. The number of sulfonamides is 1. The lowest BCUT2D eigenvalue weighted by molar-refractivity contribution is -0.137. The summed E-state index contributed by atoms with van der Waals surface area (Å²) in [7, 11) is -3.36. The predicted molar refractivity (Wildman–Crippen MR) is 171 cm³/mol. The molecule has 0 aliphatic heterocycles. The molecule has 2 N–H and O–H groups in total. The zero-order valence-corrected chi connectivity index (χ0v) is 27.2. The van der Waals surface area contributed by atoms with Gasteiger partial charge in [-0.3, -0.25) is 9.52 Å². The highest BCUT2D eigenvalue weighted by molar-refractivity contribution is 7.92. The van der Waals surface area contributed by atoms with E-state index in [-0.39, 0.29) is 28.1 Å². The lowest BCUT2D eigenvalue weighted by Crippen LogP contribution is -2.54. The molecule has 4 fully saturated rings. The van der Waals surface area contributed by atoms with Gasteiger partial charge in [0.2, 0.25) is 21.8 Å². The predicted octanol–water partition coefficient (Wildman–Crippen LogP) is 6.19. The molecule has 9 nitrogen and oxygen atoms in total. The van der Waals surface area contributed by atoms with Crippen LogP contribution in [0.25, 0.3) is 11.1 Å². The first-order valence-electron chi connectivity index (χ1n) is 15.6. The van der Waals surface area contributed by atoms with Gasteiger partial charge in [-0.15, -0.1) is 0 Å². The Morgan fingerprint density at radius 2 is 1.66 bits per heavy atom. The minimum absolute atomic E-state index is 0.00916. The minimum atomic E-state index is -3.36. The van der Waals surface area contributed by atoms with Gasteiger partial charge >= 0.3 is 0 Å². The summed E-state index contributed by atoms with van der Waals surface area (Å²) in [5.41, 5.74) is 2.19. The summed E-state index contributed by atoms with van der Waals surface area (Å²) in [6, 6.07) is 15.3. The van der Waals surface area contributed by atoms with E-state index in [1.165, 1.54) is 0 Å². The molecule has 0 saturated heterocycles. The van der Waals surface area contributed by atoms with Gasteiger partial charge in [-0.05, 0) is 99.1 Å². The van der Waals surface area contributed by atoms with Gasteiger partial charge < -0.3 is 14.5 Å². The monoisotopic (exact) mass is 620 g/mol. The van der Waals surface area contributed by atoms with E-state index in [1.807, 2.05) is 41.3 Å². The van der Waals surface area contributed by atoms with Crippen LogP contribution in [0.3, 0.4) is 0 Å². The maximum atomic E-state index is 14.1. The Labute approximate surface area is 260 Å². The molecule has 0 radical (unpaired) electrons. The molecule has 0 atom stereocenters. The van der Waals surface area contributed by atoms with E-state index < -0.39 is 15.6 Å². The Morgan fingerprint density at radius 3 is 2.20 bits per heavy atom. The summed E-state index contributed by atoms with van der Waals surface area (Å²) >= 11 is 0. The van der Waals surface area contributed by atoms with Crippen LogP contribution in [0.5, 0.6) is 0 Å². The Hall–Kier alpha value is -3.24. The number of carbonyl (C=O) groups is 1. The van der Waals surface area contributed by atoms with Crippen LogP contribution in [-0.4, -0.2) is 48.0 Å². The maximum absolute atomic E-state index is 14.1. The highest BCUT2D eigenvalue weighted by atomic mass is 32.2. The molecular weight excluding hydrogens is 576 g/mol. The summed E-state index contributed by atoms with van der Waals surface area (Å²) in [4.78, 5) is 20.9. The number of nitrogens with zero attached hydrogens (tertiary/aromatic N) is 3. The summed E-state index contributed by atoms with van der Waals surface area (Å²) < 4.78 is 31.4. The van der Waals surface area contributed by atoms with Gasteiger partial charge in [-0.1, -0.05) is 50.2 Å². The van der Waals surface area contributed by atoms with E-state index in [0.717, 1.165) is 67.4 Å². The van der Waals surface area contributed by atoms with E-state index in [1.54, 1.807) is 19.1 Å². The fourth-order valence-corrected chi connectivity index (χ4v) is 7.97. The van der Waals surface area contributed by atoms with Crippen molar-refractivity contribution in [3.05, 3.63) is 60.2 Å². The molecule has 3 aromatic rings. The van der Waals surface area contributed by atoms with E-state index in [4.69, 9.17) is 9.51 Å². The van der Waals surface area contributed by atoms with Crippen molar-refractivity contribution in [3.8, 4) is 11.1 Å². The van der Waals surface area contributed by atoms with E-state index >= 15 is 0 Å². The number of hydrogen-bond donors (Lipinski definition) is 2. The number of hydrogen-bond acceptors (Lipinski definition) is 7. The Bertz CT molecular complexity index is 1620. The first kappa shape index (κ1) is 30.8. The van der Waals surface area contributed by atoms with Crippen molar-refractivity contribution in [2.24, 2.45) is 11.3 Å². The number of fused-ring (bicyclic) bond motifs is 3. The summed E-state index contributed by atoms with van der Waals surface area (Å²) in [6.45, 7) is 8.70. The van der Waals surface area contributed by atoms with Gasteiger partial charge in [-0.25, -0.2) is 8.42 Å². The smallest absolute Gasteiger partial charge is 0.232 e. The van der Waals surface area contributed by atoms with Gasteiger partial charge in [0.05, 0.1) is 11.9 Å². The molecule has 0 spiro atoms. The Kier molecular flexibility index (Phi) is 7.47. The van der Waals surface area contributed by atoms with E-state index in [9.17, 15) is 18.3 Å². The van der Waals surface area contributed by atoms with Gasteiger partial charge in [0.1, 0.15) is 0 Å². The molecule has 4 aliphatic carbocycles. The molecule has 1 aromatic heterocycles. The van der Waals surface area contributed by atoms with Gasteiger partial charge in [-0.2, -0.15) is 4.98 Å². The zero-order valence-electron chi connectivity index (χ0n) is 26.4. The number of nitrogens with one attached hydrogen (secondary N) is 1. The first-order chi connectivity index (χ1) is 20.6. The van der Waals surface area contributed by atoms with Crippen LogP contribution < -0.4 is 9.62 Å². The minimum Gasteiger partial charge on any atom is -0.390 e. The highest BCUT2D eigenvalue weighted by Gasteiger charge is 2.53. The average Bonchev–Trinajstić information content (AvgIpc) is 3.47. The van der Waals surface area contributed by atoms with Crippen LogP contribution in [0, 0.1) is 11.3 Å². The third kappa shape index (κ3) is 6.15. The number of aromatic nitrogens is 2. The van der Waals surface area contributed by atoms with Gasteiger partial charge in [0.25, 0.3) is 0 Å². The number of aliphatic hydroxyl groups is 1. The SMILES string of the molecule is CC1(O)CC(C(=O)N(CC23CCC(c4noc(C(C)(C)C)n4)(CC2)CC3)c2cccc(-c3ccc(NS(C)(=O)=O)cc3)c2)C1. The molecule has 44 heavy (non-hydrogen) atoms. The quantitative estimate of drug-likeness (QED) is 0.308. The molecule has 4 saturated carbocycles. The van der Waals surface area contributed by atoms with Crippen LogP contribution in [-0.2, 0) is 25.6 Å². The second-order valence-electron chi connectivity index (χ2n) is 15.0. The summed E-state index contributed by atoms with van der Waals surface area (Å²) in [5, 5.41) is 14.9. The molecule has 236 valence electrons. The van der Waals surface area contributed by atoms with Gasteiger partial charge in [0.15, 0.2) is 5.82 Å². The Morgan fingerprint density at radius 1 is 1.02 bits per heavy atom. The van der Waals surface area contributed by atoms with Crippen molar-refractivity contribution in [2.75, 3.05) is 22.4 Å². The molecule has 1 heterocycles. The van der Waals surface area contributed by atoms with Crippen molar-refractivity contribution < 1.29 is 22.8 Å². The maximum Gasteiger partial charge on any atom is 0.232 e. The topological polar surface area (TPSA) is 126 Å². The highest BCUT2D eigenvalue weighted by Crippen LogP contribution is 2.58. The lowest BCUT2D eigenvalue weighted by Gasteiger charge is -2.54. The van der Waals surface area contributed by atoms with Gasteiger partial charge in [0, 0.05) is 34.7 Å². The standard InChI is InChI=1S/C34H44N4O5S/c1-31(2,3)30-35-29(36-43-30)34-16-13-33(14-17-34,15-18-34)22-38(28(39)25-20-32(4,40)21-25)27-8-6-7-24(19-27)23-9-11-26(12-10-23)37-44(5,41)42/h6-12,19,25,37,40H,13-18,20-22H2,1-5H3. The fraction of sp³-hybridized carbons (Fsp3) is 0.559. The molecule has 7 rings (SSSR count). The fourth-order valence-electron chi connectivity index (χ4n) is 7.41. The first-order valence-corrected chi connectivity index (χ1v) is 17.5. The molecule has 0 unspecified atom stereocenters. The third-order valence-electron chi connectivity index (χ3n) is 10.1. The van der Waals surface area contributed by atoms with Crippen LogP contribution >= 0.6 is 0 Å². The molecule has 4 aliphatic rings. The Balaban J connectivity index is 1.25. The number of benzene rings is 2. The molecule has 2 bridgehead atoms. The molecule has 1 amide bonds. The second kappa shape index (κ2) is 10.7. The molecular formula is C34H44N4O5S. The lowest BCUT2D eigenvalue weighted by atomic mass is 9.53. The summed E-state index contributed by atoms with van der Waals surface area (Å²) in [5.74, 6) is 1.39. The zero-order chi connectivity index (χ0) is 31.5.